The van der Waals surface area contributed by atoms with Crippen molar-refractivity contribution < 1.29 is 19.4 Å². The number of nitrogens with one attached hydrogen (secondary N) is 1. The summed E-state index contributed by atoms with van der Waals surface area (Å²) in [5.41, 5.74) is -0.307. The van der Waals surface area contributed by atoms with E-state index in [2.05, 4.69) is 5.32 Å². The highest BCUT2D eigenvalue weighted by atomic mass is 16.5. The highest BCUT2D eigenvalue weighted by molar-refractivity contribution is 5.80. The van der Waals surface area contributed by atoms with Crippen molar-refractivity contribution in [1.29, 1.82) is 0 Å². The van der Waals surface area contributed by atoms with Gasteiger partial charge in [0.15, 0.2) is 0 Å². The van der Waals surface area contributed by atoms with Crippen molar-refractivity contribution >= 4 is 11.9 Å². The Hall–Kier alpha value is -1.14. The van der Waals surface area contributed by atoms with Crippen molar-refractivity contribution in [1.82, 2.24) is 10.2 Å². The lowest BCUT2D eigenvalue weighted by Crippen LogP contribution is -2.56. The third-order valence-electron chi connectivity index (χ3n) is 4.50. The molecule has 2 N–H and O–H groups in total. The minimum Gasteiger partial charge on any atom is -0.480 e. The zero-order valence-electron chi connectivity index (χ0n) is 12.9. The molecule has 2 aliphatic rings. The summed E-state index contributed by atoms with van der Waals surface area (Å²) in [4.78, 5) is 25.4. The monoisotopic (exact) mass is 298 g/mol. The lowest BCUT2D eigenvalue weighted by Gasteiger charge is -2.43. The standard InChI is InChI=1S/C15H26N2O4/c1-15(2)6-4-7-17(13(15)14(19)20)10-12(18)16-9-11-5-3-8-21-11/h11,13H,3-10H2,1-2H3,(H,16,18)(H,19,20). The topological polar surface area (TPSA) is 78.9 Å². The molecule has 0 spiro atoms. The average molecular weight is 298 g/mol. The fourth-order valence-electron chi connectivity index (χ4n) is 3.43. The Morgan fingerprint density at radius 2 is 2.14 bits per heavy atom. The number of carbonyl (C=O) groups excluding carboxylic acids is 1. The predicted octanol–water partition coefficient (Wildman–Crippen LogP) is 0.857. The van der Waals surface area contributed by atoms with Gasteiger partial charge in [-0.05, 0) is 37.6 Å². The summed E-state index contributed by atoms with van der Waals surface area (Å²) >= 11 is 0. The number of hydrogen-bond donors (Lipinski definition) is 2. The molecule has 0 aromatic rings. The summed E-state index contributed by atoms with van der Waals surface area (Å²) in [6.45, 7) is 6.01. The largest absolute Gasteiger partial charge is 0.480 e. The van der Waals surface area contributed by atoms with Crippen LogP contribution < -0.4 is 5.32 Å². The molecular formula is C15H26N2O4. The van der Waals surface area contributed by atoms with Gasteiger partial charge in [0.05, 0.1) is 12.6 Å². The Balaban J connectivity index is 1.87. The average Bonchev–Trinajstić information content (AvgIpc) is 2.87. The number of carboxylic acids is 1. The summed E-state index contributed by atoms with van der Waals surface area (Å²) in [6.07, 6.45) is 3.94. The first-order valence-corrected chi connectivity index (χ1v) is 7.75. The van der Waals surface area contributed by atoms with Crippen LogP contribution in [0.15, 0.2) is 0 Å². The molecule has 2 rings (SSSR count). The zero-order valence-corrected chi connectivity index (χ0v) is 12.9. The Labute approximate surface area is 125 Å². The normalized spacial score (nSPS) is 29.2. The number of ether oxygens (including phenoxy) is 1. The van der Waals surface area contributed by atoms with Gasteiger partial charge in [0.1, 0.15) is 6.04 Å². The lowest BCUT2D eigenvalue weighted by atomic mass is 9.76. The van der Waals surface area contributed by atoms with E-state index in [4.69, 9.17) is 4.74 Å². The molecule has 0 saturated carbocycles. The van der Waals surface area contributed by atoms with Gasteiger partial charge in [0, 0.05) is 13.2 Å². The van der Waals surface area contributed by atoms with Crippen LogP contribution in [0.1, 0.15) is 39.5 Å². The van der Waals surface area contributed by atoms with Gasteiger partial charge in [-0.15, -0.1) is 0 Å². The van der Waals surface area contributed by atoms with E-state index in [0.29, 0.717) is 13.1 Å². The molecule has 2 heterocycles. The van der Waals surface area contributed by atoms with Gasteiger partial charge in [-0.25, -0.2) is 0 Å². The first-order valence-electron chi connectivity index (χ1n) is 7.75. The van der Waals surface area contributed by atoms with Crippen LogP contribution in [-0.4, -0.2) is 60.3 Å². The van der Waals surface area contributed by atoms with Gasteiger partial charge in [-0.2, -0.15) is 0 Å². The Morgan fingerprint density at radius 1 is 1.38 bits per heavy atom. The number of rotatable bonds is 5. The summed E-state index contributed by atoms with van der Waals surface area (Å²) in [5, 5.41) is 12.3. The second-order valence-electron chi connectivity index (χ2n) is 6.74. The molecular weight excluding hydrogens is 272 g/mol. The van der Waals surface area contributed by atoms with Crippen molar-refractivity contribution in [3.63, 3.8) is 0 Å². The smallest absolute Gasteiger partial charge is 0.321 e. The summed E-state index contributed by atoms with van der Waals surface area (Å²) < 4.78 is 5.46. The Kier molecular flexibility index (Phi) is 5.22. The van der Waals surface area contributed by atoms with E-state index < -0.39 is 12.0 Å². The minimum atomic E-state index is -0.841. The molecule has 6 heteroatoms. The summed E-state index contributed by atoms with van der Waals surface area (Å²) in [6, 6.07) is -0.597. The molecule has 2 saturated heterocycles. The molecule has 120 valence electrons. The fourth-order valence-corrected chi connectivity index (χ4v) is 3.43. The first-order chi connectivity index (χ1) is 9.90. The van der Waals surface area contributed by atoms with E-state index >= 15 is 0 Å². The second-order valence-corrected chi connectivity index (χ2v) is 6.74. The molecule has 0 aliphatic carbocycles. The van der Waals surface area contributed by atoms with Gasteiger partial charge in [0.25, 0.3) is 0 Å². The molecule has 0 aromatic heterocycles. The van der Waals surface area contributed by atoms with Crippen molar-refractivity contribution in [3.05, 3.63) is 0 Å². The van der Waals surface area contributed by atoms with Gasteiger partial charge < -0.3 is 15.2 Å². The predicted molar refractivity (Wildman–Crippen MR) is 78.0 cm³/mol. The number of carbonyl (C=O) groups is 2. The maximum Gasteiger partial charge on any atom is 0.321 e. The number of nitrogens with zero attached hydrogens (tertiary/aromatic N) is 1. The number of hydrogen-bond acceptors (Lipinski definition) is 4. The maximum absolute atomic E-state index is 12.0. The fraction of sp³-hybridized carbons (Fsp3) is 0.867. The molecule has 2 unspecified atom stereocenters. The summed E-state index contributed by atoms with van der Waals surface area (Å²) in [5.74, 6) is -0.957. The number of likely N-dealkylation sites (tertiary alicyclic amines) is 1. The molecule has 21 heavy (non-hydrogen) atoms. The van der Waals surface area contributed by atoms with E-state index in [1.165, 1.54) is 0 Å². The highest BCUT2D eigenvalue weighted by Crippen LogP contribution is 2.35. The zero-order chi connectivity index (χ0) is 15.5. The minimum absolute atomic E-state index is 0.113. The summed E-state index contributed by atoms with van der Waals surface area (Å²) in [7, 11) is 0. The van der Waals surface area contributed by atoms with Crippen LogP contribution in [0.4, 0.5) is 0 Å². The van der Waals surface area contributed by atoms with Gasteiger partial charge >= 0.3 is 5.97 Å². The van der Waals surface area contributed by atoms with Gasteiger partial charge in [-0.3, -0.25) is 14.5 Å². The Bertz CT molecular complexity index is 391. The number of carboxylic acid groups (broad SMARTS) is 1. The molecule has 6 nitrogen and oxygen atoms in total. The van der Waals surface area contributed by atoms with Crippen LogP contribution in [-0.2, 0) is 14.3 Å². The third kappa shape index (κ3) is 4.17. The van der Waals surface area contributed by atoms with Crippen molar-refractivity contribution in [2.45, 2.75) is 51.7 Å². The number of amides is 1. The maximum atomic E-state index is 12.0. The molecule has 1 amide bonds. The van der Waals surface area contributed by atoms with E-state index in [0.717, 1.165) is 32.3 Å². The van der Waals surface area contributed by atoms with Crippen LogP contribution >= 0.6 is 0 Å². The molecule has 2 aliphatic heterocycles. The molecule has 0 aromatic carbocycles. The highest BCUT2D eigenvalue weighted by Gasteiger charge is 2.42. The van der Waals surface area contributed by atoms with Crippen LogP contribution in [0.25, 0.3) is 0 Å². The van der Waals surface area contributed by atoms with Crippen LogP contribution in [0.3, 0.4) is 0 Å². The number of aliphatic carboxylic acids is 1. The van der Waals surface area contributed by atoms with Crippen LogP contribution in [0.5, 0.6) is 0 Å². The van der Waals surface area contributed by atoms with Crippen molar-refractivity contribution in [2.24, 2.45) is 5.41 Å². The van der Waals surface area contributed by atoms with Crippen LogP contribution in [0, 0.1) is 5.41 Å². The SMILES string of the molecule is CC1(C)CCCN(CC(=O)NCC2CCCO2)C1C(=O)O. The molecule has 2 fully saturated rings. The van der Waals surface area contributed by atoms with E-state index in [9.17, 15) is 14.7 Å². The van der Waals surface area contributed by atoms with Gasteiger partial charge in [-0.1, -0.05) is 13.8 Å². The number of piperidine rings is 1. The third-order valence-corrected chi connectivity index (χ3v) is 4.50. The van der Waals surface area contributed by atoms with Crippen molar-refractivity contribution in [3.8, 4) is 0 Å². The molecule has 2 atom stereocenters. The quantitative estimate of drug-likeness (QED) is 0.787. The Morgan fingerprint density at radius 3 is 2.76 bits per heavy atom. The van der Waals surface area contributed by atoms with E-state index in [1.54, 1.807) is 4.90 Å². The molecule has 0 radical (unpaired) electrons. The van der Waals surface area contributed by atoms with E-state index in [1.807, 2.05) is 13.8 Å². The second kappa shape index (κ2) is 6.75. The first kappa shape index (κ1) is 16.2. The van der Waals surface area contributed by atoms with Gasteiger partial charge in [0.2, 0.25) is 5.91 Å². The van der Waals surface area contributed by atoms with Crippen LogP contribution in [0.2, 0.25) is 0 Å². The molecule has 0 bridgehead atoms. The van der Waals surface area contributed by atoms with E-state index in [-0.39, 0.29) is 24.0 Å². The lowest BCUT2D eigenvalue weighted by molar-refractivity contribution is -0.151. The van der Waals surface area contributed by atoms with Crippen molar-refractivity contribution in [2.75, 3.05) is 26.2 Å².